The molecular formula is C24H24F3N5O4. The molecule has 6 rings (SSSR count). The predicted octanol–water partition coefficient (Wildman–Crippen LogP) is 1.53. The molecule has 2 aromatic rings. The number of aromatic nitrogens is 2. The molecule has 4 aliphatic rings. The maximum atomic E-state index is 14.6. The number of aliphatic hydroxyl groups is 2. The Morgan fingerprint density at radius 2 is 1.97 bits per heavy atom. The van der Waals surface area contributed by atoms with Crippen LogP contribution in [0.1, 0.15) is 35.7 Å². The Labute approximate surface area is 204 Å². The van der Waals surface area contributed by atoms with E-state index in [1.54, 1.807) is 0 Å². The summed E-state index contributed by atoms with van der Waals surface area (Å²) in [4.78, 5) is 27.8. The molecule has 0 bridgehead atoms. The molecular weight excluding hydrogens is 479 g/mol. The molecule has 3 heterocycles. The number of halogens is 3. The highest BCUT2D eigenvalue weighted by Crippen LogP contribution is 2.53. The van der Waals surface area contributed by atoms with Crippen molar-refractivity contribution in [2.75, 3.05) is 19.0 Å². The fourth-order valence-corrected chi connectivity index (χ4v) is 5.90. The monoisotopic (exact) mass is 503 g/mol. The van der Waals surface area contributed by atoms with Crippen LogP contribution in [0.5, 0.6) is 5.75 Å². The highest BCUT2D eigenvalue weighted by molar-refractivity contribution is 6.47. The zero-order valence-corrected chi connectivity index (χ0v) is 19.2. The Hall–Kier alpha value is -3.25. The van der Waals surface area contributed by atoms with E-state index < -0.39 is 48.0 Å². The van der Waals surface area contributed by atoms with Gasteiger partial charge in [0.1, 0.15) is 35.9 Å². The van der Waals surface area contributed by atoms with Crippen LogP contribution in [0.3, 0.4) is 0 Å². The fraction of sp³-hybridized carbons (Fsp3) is 0.500. The Balaban J connectivity index is 1.33. The first-order valence-corrected chi connectivity index (χ1v) is 11.8. The molecule has 2 saturated carbocycles. The normalized spacial score (nSPS) is 32.2. The van der Waals surface area contributed by atoms with E-state index in [0.717, 1.165) is 12.5 Å². The van der Waals surface area contributed by atoms with E-state index >= 15 is 0 Å². The summed E-state index contributed by atoms with van der Waals surface area (Å²) >= 11 is 0. The van der Waals surface area contributed by atoms with E-state index in [1.165, 1.54) is 18.3 Å². The van der Waals surface area contributed by atoms with Gasteiger partial charge in [-0.15, -0.1) is 0 Å². The van der Waals surface area contributed by atoms with Crippen LogP contribution in [0.2, 0.25) is 0 Å². The maximum Gasteiger partial charge on any atom is 0.273 e. The zero-order valence-electron chi connectivity index (χ0n) is 19.2. The largest absolute Gasteiger partial charge is 0.493 e. The maximum absolute atomic E-state index is 14.6. The van der Waals surface area contributed by atoms with Crippen molar-refractivity contribution in [2.45, 2.75) is 49.8 Å². The van der Waals surface area contributed by atoms with E-state index in [-0.39, 0.29) is 54.2 Å². The third kappa shape index (κ3) is 3.53. The second-order valence-corrected chi connectivity index (χ2v) is 9.74. The van der Waals surface area contributed by atoms with Crippen molar-refractivity contribution in [1.29, 1.82) is 0 Å². The topological polar surface area (TPSA) is 120 Å². The van der Waals surface area contributed by atoms with Crippen molar-refractivity contribution in [3.8, 4) is 5.75 Å². The Bertz CT molecular complexity index is 1280. The van der Waals surface area contributed by atoms with E-state index in [1.807, 2.05) is 0 Å². The molecule has 7 atom stereocenters. The van der Waals surface area contributed by atoms with E-state index in [4.69, 9.17) is 4.74 Å². The van der Waals surface area contributed by atoms with Crippen LogP contribution in [0.4, 0.5) is 19.0 Å². The number of ether oxygens (including phenoxy) is 1. The number of hydrogen-bond donors (Lipinski definition) is 3. The Morgan fingerprint density at radius 3 is 2.69 bits per heavy atom. The smallest absolute Gasteiger partial charge is 0.273 e. The fourth-order valence-electron chi connectivity index (χ4n) is 5.90. The Morgan fingerprint density at radius 1 is 1.17 bits per heavy atom. The van der Waals surface area contributed by atoms with Crippen LogP contribution in [0.15, 0.2) is 23.5 Å². The van der Waals surface area contributed by atoms with Crippen LogP contribution in [0, 0.1) is 23.5 Å². The summed E-state index contributed by atoms with van der Waals surface area (Å²) in [5.41, 5.74) is 0.862. The van der Waals surface area contributed by atoms with Gasteiger partial charge in [-0.3, -0.25) is 9.79 Å². The molecule has 12 heteroatoms. The number of aliphatic hydroxyl groups excluding tert-OH is 2. The number of carbonyl (C=O) groups excluding carboxylic acids is 1. The first-order valence-electron chi connectivity index (χ1n) is 11.8. The number of likely N-dealkylation sites (tertiary alicyclic amines) is 1. The Kier molecular flexibility index (Phi) is 5.41. The van der Waals surface area contributed by atoms with Gasteiger partial charge in [0.25, 0.3) is 5.91 Å². The molecule has 1 saturated heterocycles. The third-order valence-electron chi connectivity index (χ3n) is 7.68. The van der Waals surface area contributed by atoms with E-state index in [9.17, 15) is 28.2 Å². The van der Waals surface area contributed by atoms with Gasteiger partial charge in [0.2, 0.25) is 0 Å². The quantitative estimate of drug-likeness (QED) is 0.566. The molecule has 2 aliphatic heterocycles. The number of carbonyl (C=O) groups is 1. The molecule has 0 unspecified atom stereocenters. The summed E-state index contributed by atoms with van der Waals surface area (Å²) in [5.74, 6) is -2.28. The van der Waals surface area contributed by atoms with Crippen LogP contribution < -0.4 is 10.1 Å². The van der Waals surface area contributed by atoms with Crippen LogP contribution in [-0.2, 0) is 11.3 Å². The van der Waals surface area contributed by atoms with Gasteiger partial charge < -0.3 is 25.2 Å². The molecule has 36 heavy (non-hydrogen) atoms. The van der Waals surface area contributed by atoms with Crippen LogP contribution >= 0.6 is 0 Å². The summed E-state index contributed by atoms with van der Waals surface area (Å²) < 4.78 is 48.2. The van der Waals surface area contributed by atoms with E-state index in [2.05, 4.69) is 20.3 Å². The highest BCUT2D eigenvalue weighted by Gasteiger charge is 2.59. The molecule has 1 aromatic heterocycles. The second kappa shape index (κ2) is 8.41. The van der Waals surface area contributed by atoms with E-state index in [0.29, 0.717) is 17.3 Å². The molecule has 0 radical (unpaired) electrons. The second-order valence-electron chi connectivity index (χ2n) is 9.74. The summed E-state index contributed by atoms with van der Waals surface area (Å²) in [5, 5.41) is 23.8. The SMILES string of the molecule is COc1c(F)cc(F)cc1[C@H]1C[C@H](F)CN1C(=O)C1=NCc2ncnc(N[C@H]3[C@H](O)[C@H](O)[C@@H]4C[C@@H]43)c21. The number of methoxy groups -OCH3 is 1. The summed E-state index contributed by atoms with van der Waals surface area (Å²) in [6.07, 6.45) is -1.28. The first-order chi connectivity index (χ1) is 17.3. The number of fused-ring (bicyclic) bond motifs is 2. The summed E-state index contributed by atoms with van der Waals surface area (Å²) in [6, 6.07) is 0.293. The van der Waals surface area contributed by atoms with Crippen molar-refractivity contribution in [3.63, 3.8) is 0 Å². The zero-order chi connectivity index (χ0) is 25.3. The number of rotatable bonds is 5. The number of anilines is 1. The van der Waals surface area contributed by atoms with Crippen molar-refractivity contribution in [2.24, 2.45) is 16.8 Å². The molecule has 9 nitrogen and oxygen atoms in total. The lowest BCUT2D eigenvalue weighted by molar-refractivity contribution is -0.125. The lowest BCUT2D eigenvalue weighted by Gasteiger charge is -2.27. The van der Waals surface area contributed by atoms with Gasteiger partial charge in [-0.05, 0) is 24.3 Å². The van der Waals surface area contributed by atoms with Gasteiger partial charge in [0, 0.05) is 18.1 Å². The predicted molar refractivity (Wildman–Crippen MR) is 120 cm³/mol. The minimum Gasteiger partial charge on any atom is -0.493 e. The minimum atomic E-state index is -1.41. The minimum absolute atomic E-state index is 0.00317. The molecule has 1 amide bonds. The van der Waals surface area contributed by atoms with Gasteiger partial charge in [-0.1, -0.05) is 0 Å². The van der Waals surface area contributed by atoms with Gasteiger partial charge in [-0.2, -0.15) is 0 Å². The molecule has 190 valence electrons. The average molecular weight is 503 g/mol. The highest BCUT2D eigenvalue weighted by atomic mass is 19.1. The number of benzene rings is 1. The lowest BCUT2D eigenvalue weighted by atomic mass is 10.0. The number of hydrogen-bond acceptors (Lipinski definition) is 8. The van der Waals surface area contributed by atoms with Gasteiger partial charge >= 0.3 is 0 Å². The lowest BCUT2D eigenvalue weighted by Crippen LogP contribution is -2.40. The molecule has 0 spiro atoms. The van der Waals surface area contributed by atoms with Crippen LogP contribution in [0.25, 0.3) is 0 Å². The average Bonchev–Trinajstić information content (AvgIpc) is 3.24. The number of alkyl halides is 1. The van der Waals surface area contributed by atoms with Crippen molar-refractivity contribution < 1.29 is 32.9 Å². The molecule has 2 aliphatic carbocycles. The third-order valence-corrected chi connectivity index (χ3v) is 7.68. The first kappa shape index (κ1) is 23.2. The summed E-state index contributed by atoms with van der Waals surface area (Å²) in [7, 11) is 1.22. The van der Waals surface area contributed by atoms with Crippen molar-refractivity contribution >= 4 is 17.4 Å². The molecule has 1 aromatic carbocycles. The standard InChI is InChI=1S/C24H24F3N5O4/c1-36-22-13(2-9(25)3-14(22)27)16-4-10(26)7-32(16)24(35)19-17-15(6-28-19)29-8-30-23(17)31-18-11-5-12(11)20(33)21(18)34/h2-3,8,10-12,16,18,20-21,33-34H,4-7H2,1H3,(H,29,30,31)/t10-,11-,12+,16+,18+,20+,21-/m0/s1. The van der Waals surface area contributed by atoms with Gasteiger partial charge in [0.05, 0.1) is 49.6 Å². The number of amides is 1. The van der Waals surface area contributed by atoms with Crippen molar-refractivity contribution in [3.05, 3.63) is 46.9 Å². The number of aliphatic imine (C=N–C) groups is 1. The van der Waals surface area contributed by atoms with Gasteiger partial charge in [0.15, 0.2) is 11.6 Å². The summed E-state index contributed by atoms with van der Waals surface area (Å²) in [6.45, 7) is -0.183. The van der Waals surface area contributed by atoms with Gasteiger partial charge in [-0.25, -0.2) is 23.1 Å². The van der Waals surface area contributed by atoms with Crippen LogP contribution in [-0.4, -0.2) is 74.8 Å². The van der Waals surface area contributed by atoms with Crippen molar-refractivity contribution in [1.82, 2.24) is 14.9 Å². The number of nitrogens with zero attached hydrogens (tertiary/aromatic N) is 4. The molecule has 3 fully saturated rings. The molecule has 3 N–H and O–H groups in total. The number of nitrogens with one attached hydrogen (secondary N) is 1.